The van der Waals surface area contributed by atoms with Gasteiger partial charge in [-0.25, -0.2) is 0 Å². The average molecular weight is 371 g/mol. The van der Waals surface area contributed by atoms with Crippen LogP contribution in [0.1, 0.15) is 18.9 Å². The minimum atomic E-state index is -1.18. The Morgan fingerprint density at radius 3 is 2.77 bits per heavy atom. The molecule has 120 valence electrons. The number of aliphatic carboxylic acids is 1. The number of hydrogen-bond donors (Lipinski definition) is 0. The largest absolute Gasteiger partial charge is 0.550 e. The highest BCUT2D eigenvalue weighted by Gasteiger charge is 2.30. The van der Waals surface area contributed by atoms with Gasteiger partial charge < -0.3 is 24.3 Å². The van der Waals surface area contributed by atoms with Crippen LogP contribution in [0.3, 0.4) is 0 Å². The van der Waals surface area contributed by atoms with Gasteiger partial charge in [-0.1, -0.05) is 0 Å². The van der Waals surface area contributed by atoms with Crippen LogP contribution in [-0.4, -0.2) is 37.0 Å². The number of rotatable bonds is 6. The summed E-state index contributed by atoms with van der Waals surface area (Å²) < 4.78 is 11.6. The van der Waals surface area contributed by atoms with Crippen LogP contribution in [-0.2, 0) is 16.1 Å². The van der Waals surface area contributed by atoms with E-state index in [1.807, 2.05) is 13.0 Å². The molecule has 0 spiro atoms. The van der Waals surface area contributed by atoms with Gasteiger partial charge in [0.25, 0.3) is 0 Å². The number of halogens is 1. The maximum atomic E-state index is 11.9. The summed E-state index contributed by atoms with van der Waals surface area (Å²) in [5, 5.41) is 10.9. The van der Waals surface area contributed by atoms with Gasteiger partial charge in [-0.05, 0) is 40.5 Å². The molecule has 1 aromatic rings. The summed E-state index contributed by atoms with van der Waals surface area (Å²) in [6.45, 7) is 2.88. The van der Waals surface area contributed by atoms with Crippen molar-refractivity contribution >= 4 is 27.8 Å². The molecule has 1 fully saturated rings. The Balaban J connectivity index is 2.18. The van der Waals surface area contributed by atoms with Gasteiger partial charge in [0.1, 0.15) is 0 Å². The molecule has 1 amide bonds. The Morgan fingerprint density at radius 1 is 1.50 bits per heavy atom. The number of carbonyl (C=O) groups is 2. The van der Waals surface area contributed by atoms with E-state index in [4.69, 9.17) is 9.47 Å². The first kappa shape index (κ1) is 16.6. The molecule has 1 aromatic carbocycles. The Hall–Kier alpha value is -1.76. The highest BCUT2D eigenvalue weighted by Crippen LogP contribution is 2.37. The minimum absolute atomic E-state index is 0.00231. The van der Waals surface area contributed by atoms with Gasteiger partial charge in [0.05, 0.1) is 18.2 Å². The second-order valence-electron chi connectivity index (χ2n) is 5.04. The van der Waals surface area contributed by atoms with E-state index in [2.05, 4.69) is 15.9 Å². The SMILES string of the molecule is CCOc1c(Br)cc(CN2C[C@H](C(=O)[O-])CC2=O)cc1OC. The van der Waals surface area contributed by atoms with Crippen LogP contribution >= 0.6 is 15.9 Å². The summed E-state index contributed by atoms with van der Waals surface area (Å²) in [4.78, 5) is 24.3. The van der Waals surface area contributed by atoms with Gasteiger partial charge in [0.2, 0.25) is 5.91 Å². The maximum Gasteiger partial charge on any atom is 0.223 e. The van der Waals surface area contributed by atoms with E-state index in [1.165, 1.54) is 4.90 Å². The van der Waals surface area contributed by atoms with Crippen LogP contribution in [0.15, 0.2) is 16.6 Å². The number of ether oxygens (including phenoxy) is 2. The van der Waals surface area contributed by atoms with Gasteiger partial charge in [-0.3, -0.25) is 4.79 Å². The molecule has 2 rings (SSSR count). The number of carboxylic acid groups (broad SMARTS) is 1. The third kappa shape index (κ3) is 3.52. The summed E-state index contributed by atoms with van der Waals surface area (Å²) in [5.41, 5.74) is 0.833. The van der Waals surface area contributed by atoms with Gasteiger partial charge in [-0.2, -0.15) is 0 Å². The van der Waals surface area contributed by atoms with Crippen LogP contribution in [0.4, 0.5) is 0 Å². The zero-order chi connectivity index (χ0) is 16.3. The van der Waals surface area contributed by atoms with E-state index in [0.717, 1.165) is 10.0 Å². The summed E-state index contributed by atoms with van der Waals surface area (Å²) in [5.74, 6) is -0.927. The van der Waals surface area contributed by atoms with Crippen LogP contribution in [0.5, 0.6) is 11.5 Å². The Bertz CT molecular complexity index is 590. The molecule has 22 heavy (non-hydrogen) atoms. The molecule has 0 aliphatic carbocycles. The molecule has 0 bridgehead atoms. The van der Waals surface area contributed by atoms with Gasteiger partial charge in [-0.15, -0.1) is 0 Å². The fourth-order valence-corrected chi connectivity index (χ4v) is 3.06. The van der Waals surface area contributed by atoms with E-state index in [-0.39, 0.29) is 18.9 Å². The van der Waals surface area contributed by atoms with Crippen LogP contribution < -0.4 is 14.6 Å². The average Bonchev–Trinajstić information content (AvgIpc) is 2.83. The van der Waals surface area contributed by atoms with Crippen molar-refractivity contribution in [3.63, 3.8) is 0 Å². The number of nitrogens with zero attached hydrogens (tertiary/aromatic N) is 1. The third-order valence-electron chi connectivity index (χ3n) is 3.50. The molecule has 0 N–H and O–H groups in total. The molecule has 6 nitrogen and oxygen atoms in total. The van der Waals surface area contributed by atoms with Crippen molar-refractivity contribution in [1.82, 2.24) is 4.90 Å². The fourth-order valence-electron chi connectivity index (χ4n) is 2.45. The van der Waals surface area contributed by atoms with E-state index < -0.39 is 11.9 Å². The van der Waals surface area contributed by atoms with Crippen LogP contribution in [0.2, 0.25) is 0 Å². The first-order valence-corrected chi connectivity index (χ1v) is 7.73. The van der Waals surface area contributed by atoms with Crippen molar-refractivity contribution < 1.29 is 24.2 Å². The lowest BCUT2D eigenvalue weighted by atomic mass is 10.1. The van der Waals surface area contributed by atoms with Crippen LogP contribution in [0.25, 0.3) is 0 Å². The number of carboxylic acids is 1. The first-order valence-electron chi connectivity index (χ1n) is 6.94. The highest BCUT2D eigenvalue weighted by molar-refractivity contribution is 9.10. The smallest absolute Gasteiger partial charge is 0.223 e. The normalized spacial score (nSPS) is 17.7. The van der Waals surface area contributed by atoms with Crippen molar-refractivity contribution in [1.29, 1.82) is 0 Å². The van der Waals surface area contributed by atoms with Gasteiger partial charge in [0.15, 0.2) is 11.5 Å². The third-order valence-corrected chi connectivity index (χ3v) is 4.09. The lowest BCUT2D eigenvalue weighted by molar-refractivity contribution is -0.311. The number of methoxy groups -OCH3 is 1. The Morgan fingerprint density at radius 2 is 2.23 bits per heavy atom. The molecule has 1 saturated heterocycles. The molecule has 7 heteroatoms. The predicted octanol–water partition coefficient (Wildman–Crippen LogP) is 0.955. The number of amides is 1. The summed E-state index contributed by atoms with van der Waals surface area (Å²) in [6.07, 6.45) is -0.00231. The van der Waals surface area contributed by atoms with Crippen molar-refractivity contribution in [2.75, 3.05) is 20.3 Å². The first-order chi connectivity index (χ1) is 10.5. The van der Waals surface area contributed by atoms with E-state index in [9.17, 15) is 14.7 Å². The van der Waals surface area contributed by atoms with E-state index in [1.54, 1.807) is 13.2 Å². The standard InChI is InChI=1S/C15H18BrNO5/c1-3-22-14-11(16)4-9(5-12(14)21-2)7-17-8-10(15(19)20)6-13(17)18/h4-5,10H,3,6-8H2,1-2H3,(H,19,20)/p-1/t10-/m1/s1. The topological polar surface area (TPSA) is 78.9 Å². The summed E-state index contributed by atoms with van der Waals surface area (Å²) in [6, 6.07) is 3.63. The second-order valence-corrected chi connectivity index (χ2v) is 5.89. The maximum absolute atomic E-state index is 11.9. The summed E-state index contributed by atoms with van der Waals surface area (Å²) in [7, 11) is 1.54. The molecule has 1 aliphatic rings. The number of benzene rings is 1. The van der Waals surface area contributed by atoms with E-state index >= 15 is 0 Å². The molecule has 0 saturated carbocycles. The van der Waals surface area contributed by atoms with Gasteiger partial charge in [0, 0.05) is 31.4 Å². The summed E-state index contributed by atoms with van der Waals surface area (Å²) >= 11 is 3.43. The molecule has 1 heterocycles. The Labute approximate surface area is 137 Å². The minimum Gasteiger partial charge on any atom is -0.550 e. The monoisotopic (exact) mass is 370 g/mol. The molecular weight excluding hydrogens is 354 g/mol. The molecular formula is C15H17BrNO5-. The van der Waals surface area contributed by atoms with Crippen molar-refractivity contribution in [2.45, 2.75) is 19.9 Å². The zero-order valence-corrected chi connectivity index (χ0v) is 14.0. The van der Waals surface area contributed by atoms with E-state index in [0.29, 0.717) is 24.7 Å². The highest BCUT2D eigenvalue weighted by atomic mass is 79.9. The number of likely N-dealkylation sites (tertiary alicyclic amines) is 1. The van der Waals surface area contributed by atoms with Crippen LogP contribution in [0, 0.1) is 5.92 Å². The lowest BCUT2D eigenvalue weighted by Gasteiger charge is -2.19. The molecule has 1 atom stereocenters. The molecule has 0 unspecified atom stereocenters. The fraction of sp³-hybridized carbons (Fsp3) is 0.467. The number of carbonyl (C=O) groups excluding carboxylic acids is 2. The Kier molecular flexibility index (Phi) is 5.28. The second kappa shape index (κ2) is 7.00. The number of hydrogen-bond acceptors (Lipinski definition) is 5. The molecule has 0 radical (unpaired) electrons. The van der Waals surface area contributed by atoms with Crippen molar-refractivity contribution in [2.24, 2.45) is 5.92 Å². The molecule has 1 aliphatic heterocycles. The van der Waals surface area contributed by atoms with Crippen molar-refractivity contribution in [3.8, 4) is 11.5 Å². The molecule has 0 aromatic heterocycles. The lowest BCUT2D eigenvalue weighted by Crippen LogP contribution is -2.33. The quantitative estimate of drug-likeness (QED) is 0.744. The van der Waals surface area contributed by atoms with Gasteiger partial charge >= 0.3 is 0 Å². The zero-order valence-electron chi connectivity index (χ0n) is 12.4. The predicted molar refractivity (Wildman–Crippen MR) is 80.4 cm³/mol. The van der Waals surface area contributed by atoms with Crippen molar-refractivity contribution in [3.05, 3.63) is 22.2 Å².